The Hall–Kier alpha value is -0.220. The molecule has 2 aliphatic heterocycles. The lowest BCUT2D eigenvalue weighted by Crippen LogP contribution is -2.33. The van der Waals surface area contributed by atoms with Crippen LogP contribution in [-0.4, -0.2) is 48.0 Å². The minimum atomic E-state index is 0.353. The van der Waals surface area contributed by atoms with Gasteiger partial charge in [0.25, 0.3) is 0 Å². The monoisotopic (exact) mass is 228 g/mol. The first kappa shape index (κ1) is 11.3. The summed E-state index contributed by atoms with van der Waals surface area (Å²) in [4.78, 5) is 13.3. The molecule has 2 fully saturated rings. The maximum absolute atomic E-state index is 11.3. The maximum Gasteiger partial charge on any atom is 0.222 e. The topological polar surface area (TPSA) is 32.3 Å². The van der Waals surface area contributed by atoms with Crippen LogP contribution in [0.1, 0.15) is 25.7 Å². The molecule has 3 nitrogen and oxygen atoms in total. The Morgan fingerprint density at radius 1 is 1.53 bits per heavy atom. The van der Waals surface area contributed by atoms with E-state index in [1.54, 1.807) is 0 Å². The first-order chi connectivity index (χ1) is 7.36. The van der Waals surface area contributed by atoms with Crippen LogP contribution >= 0.6 is 11.8 Å². The van der Waals surface area contributed by atoms with Crippen LogP contribution in [0.15, 0.2) is 0 Å². The molecule has 2 aliphatic rings. The van der Waals surface area contributed by atoms with Crippen LogP contribution < -0.4 is 5.32 Å². The Labute approximate surface area is 96.0 Å². The summed E-state index contributed by atoms with van der Waals surface area (Å²) in [6, 6.07) is 0.726. The molecular weight excluding hydrogens is 208 g/mol. The molecule has 0 bridgehead atoms. The van der Waals surface area contributed by atoms with Gasteiger partial charge in [-0.1, -0.05) is 0 Å². The molecule has 86 valence electrons. The fraction of sp³-hybridized carbons (Fsp3) is 0.909. The molecule has 0 radical (unpaired) electrons. The van der Waals surface area contributed by atoms with Crippen molar-refractivity contribution in [2.75, 3.05) is 31.1 Å². The van der Waals surface area contributed by atoms with Crippen LogP contribution in [-0.2, 0) is 4.79 Å². The van der Waals surface area contributed by atoms with Crippen LogP contribution in [0.2, 0.25) is 0 Å². The number of amides is 1. The zero-order valence-corrected chi connectivity index (χ0v) is 10.0. The number of nitrogens with zero attached hydrogens (tertiary/aromatic N) is 1. The highest BCUT2D eigenvalue weighted by Gasteiger charge is 2.19. The third-order valence-electron chi connectivity index (χ3n) is 3.14. The van der Waals surface area contributed by atoms with Crippen molar-refractivity contribution in [1.29, 1.82) is 0 Å². The van der Waals surface area contributed by atoms with E-state index >= 15 is 0 Å². The molecule has 4 heteroatoms. The summed E-state index contributed by atoms with van der Waals surface area (Å²) >= 11 is 2.04. The second kappa shape index (κ2) is 5.75. The number of rotatable bonds is 5. The standard InChI is InChI=1S/C11H20N2OS/c14-11-3-1-6-13(11)7-2-5-12-10-4-8-15-9-10/h10,12H,1-9H2. The Morgan fingerprint density at radius 3 is 3.13 bits per heavy atom. The fourth-order valence-electron chi connectivity index (χ4n) is 2.21. The van der Waals surface area contributed by atoms with Crippen molar-refractivity contribution in [3.05, 3.63) is 0 Å². The van der Waals surface area contributed by atoms with Crippen LogP contribution in [0.25, 0.3) is 0 Å². The van der Waals surface area contributed by atoms with E-state index < -0.39 is 0 Å². The molecule has 0 saturated carbocycles. The summed E-state index contributed by atoms with van der Waals surface area (Å²) < 4.78 is 0. The minimum Gasteiger partial charge on any atom is -0.343 e. The van der Waals surface area contributed by atoms with Gasteiger partial charge in [0.15, 0.2) is 0 Å². The molecule has 2 saturated heterocycles. The predicted molar refractivity (Wildman–Crippen MR) is 64.2 cm³/mol. The minimum absolute atomic E-state index is 0.353. The van der Waals surface area contributed by atoms with E-state index in [1.807, 2.05) is 16.7 Å². The van der Waals surface area contributed by atoms with Crippen molar-refractivity contribution in [3.63, 3.8) is 0 Å². The summed E-state index contributed by atoms with van der Waals surface area (Å²) in [5, 5.41) is 3.56. The quantitative estimate of drug-likeness (QED) is 0.715. The van der Waals surface area contributed by atoms with Crippen LogP contribution in [0.3, 0.4) is 0 Å². The SMILES string of the molecule is O=C1CCCN1CCCNC1CCSC1. The van der Waals surface area contributed by atoms with E-state index in [-0.39, 0.29) is 0 Å². The van der Waals surface area contributed by atoms with Crippen LogP contribution in [0.4, 0.5) is 0 Å². The lowest BCUT2D eigenvalue weighted by Gasteiger charge is -2.16. The molecule has 0 aliphatic carbocycles. The maximum atomic E-state index is 11.3. The number of nitrogens with one attached hydrogen (secondary N) is 1. The molecule has 1 amide bonds. The van der Waals surface area contributed by atoms with Crippen molar-refractivity contribution < 1.29 is 4.79 Å². The van der Waals surface area contributed by atoms with E-state index in [2.05, 4.69) is 5.32 Å². The van der Waals surface area contributed by atoms with Gasteiger partial charge in [-0.25, -0.2) is 0 Å². The van der Waals surface area contributed by atoms with Crippen molar-refractivity contribution in [2.24, 2.45) is 0 Å². The predicted octanol–water partition coefficient (Wildman–Crippen LogP) is 1.09. The zero-order chi connectivity index (χ0) is 10.5. The molecule has 0 aromatic rings. The third kappa shape index (κ3) is 3.38. The Kier molecular flexibility index (Phi) is 4.32. The molecular formula is C11H20N2OS. The van der Waals surface area contributed by atoms with Gasteiger partial charge in [-0.05, 0) is 31.6 Å². The number of thioether (sulfide) groups is 1. The Morgan fingerprint density at radius 2 is 2.47 bits per heavy atom. The second-order valence-corrected chi connectivity index (χ2v) is 5.50. The lowest BCUT2D eigenvalue weighted by molar-refractivity contribution is -0.127. The summed E-state index contributed by atoms with van der Waals surface area (Å²) in [6.45, 7) is 3.00. The van der Waals surface area contributed by atoms with Gasteiger partial charge in [0.2, 0.25) is 5.91 Å². The van der Waals surface area contributed by atoms with E-state index in [0.717, 1.165) is 44.9 Å². The number of carbonyl (C=O) groups is 1. The van der Waals surface area contributed by atoms with Gasteiger partial charge in [0.1, 0.15) is 0 Å². The zero-order valence-electron chi connectivity index (χ0n) is 9.21. The molecule has 0 aromatic heterocycles. The molecule has 15 heavy (non-hydrogen) atoms. The molecule has 2 rings (SSSR count). The van der Waals surface area contributed by atoms with Crippen LogP contribution in [0, 0.1) is 0 Å². The van der Waals surface area contributed by atoms with E-state index in [0.29, 0.717) is 5.91 Å². The van der Waals surface area contributed by atoms with Gasteiger partial charge in [-0.3, -0.25) is 4.79 Å². The first-order valence-corrected chi connectivity index (χ1v) is 7.10. The molecule has 1 unspecified atom stereocenters. The lowest BCUT2D eigenvalue weighted by atomic mass is 10.2. The molecule has 1 N–H and O–H groups in total. The van der Waals surface area contributed by atoms with Gasteiger partial charge in [-0.2, -0.15) is 11.8 Å². The van der Waals surface area contributed by atoms with Gasteiger partial charge in [0, 0.05) is 31.3 Å². The van der Waals surface area contributed by atoms with E-state index in [9.17, 15) is 4.79 Å². The fourth-order valence-corrected chi connectivity index (χ4v) is 3.40. The second-order valence-electron chi connectivity index (χ2n) is 4.35. The average molecular weight is 228 g/mol. The van der Waals surface area contributed by atoms with Gasteiger partial charge < -0.3 is 10.2 Å². The average Bonchev–Trinajstić information content (AvgIpc) is 2.85. The first-order valence-electron chi connectivity index (χ1n) is 5.95. The summed E-state index contributed by atoms with van der Waals surface area (Å²) in [5.74, 6) is 2.93. The van der Waals surface area contributed by atoms with Crippen LogP contribution in [0.5, 0.6) is 0 Å². The molecule has 2 heterocycles. The highest BCUT2D eigenvalue weighted by Crippen LogP contribution is 2.16. The van der Waals surface area contributed by atoms with Crippen molar-refractivity contribution in [3.8, 4) is 0 Å². The third-order valence-corrected chi connectivity index (χ3v) is 4.30. The van der Waals surface area contributed by atoms with Gasteiger partial charge in [0.05, 0.1) is 0 Å². The molecule has 1 atom stereocenters. The number of hydrogen-bond acceptors (Lipinski definition) is 3. The Balaban J connectivity index is 1.52. The molecule has 0 aromatic carbocycles. The van der Waals surface area contributed by atoms with Crippen molar-refractivity contribution in [2.45, 2.75) is 31.7 Å². The highest BCUT2D eigenvalue weighted by molar-refractivity contribution is 7.99. The van der Waals surface area contributed by atoms with Gasteiger partial charge >= 0.3 is 0 Å². The summed E-state index contributed by atoms with van der Waals surface area (Å²) in [6.07, 6.45) is 4.25. The van der Waals surface area contributed by atoms with Crippen molar-refractivity contribution in [1.82, 2.24) is 10.2 Å². The van der Waals surface area contributed by atoms with E-state index in [4.69, 9.17) is 0 Å². The highest BCUT2D eigenvalue weighted by atomic mass is 32.2. The normalized spacial score (nSPS) is 26.5. The summed E-state index contributed by atoms with van der Waals surface area (Å²) in [5.41, 5.74) is 0. The van der Waals surface area contributed by atoms with Gasteiger partial charge in [-0.15, -0.1) is 0 Å². The largest absolute Gasteiger partial charge is 0.343 e. The summed E-state index contributed by atoms with van der Waals surface area (Å²) in [7, 11) is 0. The van der Waals surface area contributed by atoms with Crippen molar-refractivity contribution >= 4 is 17.7 Å². The molecule has 0 spiro atoms. The number of hydrogen-bond donors (Lipinski definition) is 1. The number of likely N-dealkylation sites (tertiary alicyclic amines) is 1. The Bertz CT molecular complexity index is 217. The smallest absolute Gasteiger partial charge is 0.222 e. The van der Waals surface area contributed by atoms with E-state index in [1.165, 1.54) is 17.9 Å². The number of carbonyl (C=O) groups excluding carboxylic acids is 1.